The molecule has 0 aromatic carbocycles. The second-order valence-electron chi connectivity index (χ2n) is 5.20. The number of hydrogen-bond donors (Lipinski definition) is 1. The van der Waals surface area contributed by atoms with Crippen molar-refractivity contribution in [1.29, 1.82) is 0 Å². The molecule has 102 valence electrons. The van der Waals surface area contributed by atoms with Crippen LogP contribution in [0.2, 0.25) is 0 Å². The first-order valence-electron chi connectivity index (χ1n) is 6.56. The van der Waals surface area contributed by atoms with E-state index in [0.717, 1.165) is 18.8 Å². The number of rotatable bonds is 3. The molecule has 2 rings (SSSR count). The van der Waals surface area contributed by atoms with E-state index in [1.807, 2.05) is 13.1 Å². The Bertz CT molecular complexity index is 353. The fourth-order valence-electron chi connectivity index (χ4n) is 2.74. The van der Waals surface area contributed by atoms with Crippen molar-refractivity contribution in [2.45, 2.75) is 39.3 Å². The summed E-state index contributed by atoms with van der Waals surface area (Å²) in [6.07, 6.45) is 4.59. The Hall–Kier alpha value is -0.640. The number of nitrogens with zero attached hydrogens (tertiary/aromatic N) is 2. The van der Waals surface area contributed by atoms with Gasteiger partial charge in [-0.25, -0.2) is 0 Å². The van der Waals surface area contributed by atoms with Crippen LogP contribution < -0.4 is 5.73 Å². The van der Waals surface area contributed by atoms with E-state index in [-0.39, 0.29) is 12.4 Å². The summed E-state index contributed by atoms with van der Waals surface area (Å²) in [7, 11) is 0. The number of nitrogens with two attached hydrogens (primary N) is 1. The molecule has 2 N–H and O–H groups in total. The SMILES string of the molecule is Cc1ccc(CN2CCCC(C)C2CN)cn1.Cl. The Kier molecular flexibility index (Phi) is 6.06. The first-order valence-corrected chi connectivity index (χ1v) is 6.56. The van der Waals surface area contributed by atoms with E-state index >= 15 is 0 Å². The molecular formula is C14H24ClN3. The maximum absolute atomic E-state index is 5.90. The van der Waals surface area contributed by atoms with Crippen LogP contribution >= 0.6 is 12.4 Å². The Labute approximate surface area is 116 Å². The van der Waals surface area contributed by atoms with E-state index in [4.69, 9.17) is 5.73 Å². The summed E-state index contributed by atoms with van der Waals surface area (Å²) in [5.41, 5.74) is 8.28. The van der Waals surface area contributed by atoms with Crippen LogP contribution in [0.4, 0.5) is 0 Å². The largest absolute Gasteiger partial charge is 0.329 e. The molecule has 0 aliphatic carbocycles. The van der Waals surface area contributed by atoms with Gasteiger partial charge in [0.2, 0.25) is 0 Å². The third kappa shape index (κ3) is 3.67. The third-order valence-electron chi connectivity index (χ3n) is 3.83. The van der Waals surface area contributed by atoms with Crippen molar-refractivity contribution in [3.63, 3.8) is 0 Å². The molecule has 18 heavy (non-hydrogen) atoms. The quantitative estimate of drug-likeness (QED) is 0.916. The molecule has 2 heterocycles. The number of aromatic nitrogens is 1. The van der Waals surface area contributed by atoms with Crippen molar-refractivity contribution in [3.05, 3.63) is 29.6 Å². The number of piperidine rings is 1. The molecule has 0 spiro atoms. The van der Waals surface area contributed by atoms with Gasteiger partial charge in [-0.1, -0.05) is 13.0 Å². The molecule has 4 heteroatoms. The van der Waals surface area contributed by atoms with Crippen LogP contribution in [0.3, 0.4) is 0 Å². The lowest BCUT2D eigenvalue weighted by Crippen LogP contribution is -2.48. The van der Waals surface area contributed by atoms with Crippen molar-refractivity contribution in [2.75, 3.05) is 13.1 Å². The zero-order chi connectivity index (χ0) is 12.3. The summed E-state index contributed by atoms with van der Waals surface area (Å²) < 4.78 is 0. The van der Waals surface area contributed by atoms with Crippen LogP contribution in [-0.4, -0.2) is 29.0 Å². The Morgan fingerprint density at radius 2 is 2.22 bits per heavy atom. The maximum atomic E-state index is 5.90. The molecule has 1 fully saturated rings. The number of halogens is 1. The zero-order valence-corrected chi connectivity index (χ0v) is 12.1. The smallest absolute Gasteiger partial charge is 0.0372 e. The van der Waals surface area contributed by atoms with Crippen LogP contribution in [0.5, 0.6) is 0 Å². The Balaban J connectivity index is 0.00000162. The molecule has 1 aromatic heterocycles. The van der Waals surface area contributed by atoms with Crippen molar-refractivity contribution < 1.29 is 0 Å². The van der Waals surface area contributed by atoms with E-state index in [1.54, 1.807) is 0 Å². The van der Waals surface area contributed by atoms with Gasteiger partial charge in [-0.05, 0) is 43.9 Å². The summed E-state index contributed by atoms with van der Waals surface area (Å²) in [5.74, 6) is 0.715. The van der Waals surface area contributed by atoms with Crippen molar-refractivity contribution >= 4 is 12.4 Å². The number of hydrogen-bond acceptors (Lipinski definition) is 3. The number of aryl methyl sites for hydroxylation is 1. The van der Waals surface area contributed by atoms with Gasteiger partial charge in [0.1, 0.15) is 0 Å². The minimum Gasteiger partial charge on any atom is -0.329 e. The maximum Gasteiger partial charge on any atom is 0.0372 e. The molecule has 2 unspecified atom stereocenters. The molecule has 0 bridgehead atoms. The summed E-state index contributed by atoms with van der Waals surface area (Å²) in [4.78, 5) is 6.87. The number of likely N-dealkylation sites (tertiary alicyclic amines) is 1. The highest BCUT2D eigenvalue weighted by molar-refractivity contribution is 5.85. The van der Waals surface area contributed by atoms with E-state index in [9.17, 15) is 0 Å². The lowest BCUT2D eigenvalue weighted by molar-refractivity contribution is 0.0990. The van der Waals surface area contributed by atoms with Gasteiger partial charge in [0.25, 0.3) is 0 Å². The molecule has 1 aliphatic heterocycles. The van der Waals surface area contributed by atoms with Gasteiger partial charge in [-0.15, -0.1) is 12.4 Å². The molecule has 0 amide bonds. The molecule has 1 saturated heterocycles. The van der Waals surface area contributed by atoms with E-state index in [1.165, 1.54) is 24.9 Å². The van der Waals surface area contributed by atoms with Crippen LogP contribution in [0.15, 0.2) is 18.3 Å². The zero-order valence-electron chi connectivity index (χ0n) is 11.3. The van der Waals surface area contributed by atoms with E-state index in [2.05, 4.69) is 28.9 Å². The van der Waals surface area contributed by atoms with E-state index in [0.29, 0.717) is 12.0 Å². The van der Waals surface area contributed by atoms with Gasteiger partial charge in [0.05, 0.1) is 0 Å². The Morgan fingerprint density at radius 1 is 1.44 bits per heavy atom. The molecule has 0 radical (unpaired) electrons. The lowest BCUT2D eigenvalue weighted by Gasteiger charge is -2.39. The third-order valence-corrected chi connectivity index (χ3v) is 3.83. The average molecular weight is 270 g/mol. The van der Waals surface area contributed by atoms with Crippen molar-refractivity contribution in [3.8, 4) is 0 Å². The van der Waals surface area contributed by atoms with Gasteiger partial charge in [-0.2, -0.15) is 0 Å². The second-order valence-corrected chi connectivity index (χ2v) is 5.20. The summed E-state index contributed by atoms with van der Waals surface area (Å²) >= 11 is 0. The molecular weight excluding hydrogens is 246 g/mol. The monoisotopic (exact) mass is 269 g/mol. The predicted octanol–water partition coefficient (Wildman–Crippen LogP) is 2.37. The lowest BCUT2D eigenvalue weighted by atomic mass is 9.90. The van der Waals surface area contributed by atoms with Crippen LogP contribution in [0.1, 0.15) is 31.0 Å². The van der Waals surface area contributed by atoms with Crippen LogP contribution in [0, 0.1) is 12.8 Å². The van der Waals surface area contributed by atoms with Gasteiger partial charge in [0, 0.05) is 31.0 Å². The van der Waals surface area contributed by atoms with Crippen LogP contribution in [-0.2, 0) is 6.54 Å². The molecule has 1 aliphatic rings. The fraction of sp³-hybridized carbons (Fsp3) is 0.643. The standard InChI is InChI=1S/C14H23N3.ClH/c1-11-4-3-7-17(14(11)8-15)10-13-6-5-12(2)16-9-13;/h5-6,9,11,14H,3-4,7-8,10,15H2,1-2H3;1H. The minimum atomic E-state index is 0. The first-order chi connectivity index (χ1) is 8.20. The van der Waals surface area contributed by atoms with Crippen molar-refractivity contribution in [2.24, 2.45) is 11.7 Å². The Morgan fingerprint density at radius 3 is 2.83 bits per heavy atom. The van der Waals surface area contributed by atoms with Gasteiger partial charge >= 0.3 is 0 Å². The second kappa shape index (κ2) is 7.07. The van der Waals surface area contributed by atoms with Crippen molar-refractivity contribution in [1.82, 2.24) is 9.88 Å². The summed E-state index contributed by atoms with van der Waals surface area (Å²) in [5, 5.41) is 0. The highest BCUT2D eigenvalue weighted by atomic mass is 35.5. The van der Waals surface area contributed by atoms with Gasteiger partial charge in [-0.3, -0.25) is 9.88 Å². The molecule has 3 nitrogen and oxygen atoms in total. The predicted molar refractivity (Wildman–Crippen MR) is 77.9 cm³/mol. The minimum absolute atomic E-state index is 0. The highest BCUT2D eigenvalue weighted by Crippen LogP contribution is 2.24. The van der Waals surface area contributed by atoms with E-state index < -0.39 is 0 Å². The van der Waals surface area contributed by atoms with Gasteiger partial charge in [0.15, 0.2) is 0 Å². The fourth-order valence-corrected chi connectivity index (χ4v) is 2.74. The molecule has 0 saturated carbocycles. The molecule has 2 atom stereocenters. The highest BCUT2D eigenvalue weighted by Gasteiger charge is 2.27. The first kappa shape index (κ1) is 15.4. The average Bonchev–Trinajstić information content (AvgIpc) is 2.32. The van der Waals surface area contributed by atoms with Crippen LogP contribution in [0.25, 0.3) is 0 Å². The number of pyridine rings is 1. The normalized spacial score (nSPS) is 24.6. The summed E-state index contributed by atoms with van der Waals surface area (Å²) in [6, 6.07) is 4.79. The summed E-state index contributed by atoms with van der Waals surface area (Å²) in [6.45, 7) is 7.26. The van der Waals surface area contributed by atoms with Gasteiger partial charge < -0.3 is 5.73 Å². The molecule has 1 aromatic rings. The topological polar surface area (TPSA) is 42.1 Å².